The Morgan fingerprint density at radius 3 is 2.41 bits per heavy atom. The summed E-state index contributed by atoms with van der Waals surface area (Å²) in [6.45, 7) is 2.24. The van der Waals surface area contributed by atoms with E-state index in [9.17, 15) is 4.79 Å². The van der Waals surface area contributed by atoms with E-state index >= 15 is 0 Å². The first-order chi connectivity index (χ1) is 20.0. The van der Waals surface area contributed by atoms with Crippen molar-refractivity contribution < 1.29 is 9.53 Å². The Morgan fingerprint density at radius 1 is 0.951 bits per heavy atom. The predicted octanol–water partition coefficient (Wildman–Crippen LogP) is 6.96. The van der Waals surface area contributed by atoms with Gasteiger partial charge in [0.25, 0.3) is 5.91 Å². The van der Waals surface area contributed by atoms with Gasteiger partial charge in [0.1, 0.15) is 11.5 Å². The highest BCUT2D eigenvalue weighted by Crippen LogP contribution is 2.27. The monoisotopic (exact) mass is 582 g/mol. The number of rotatable bonds is 11. The third-order valence-corrected chi connectivity index (χ3v) is 7.18. The molecule has 0 aliphatic carbocycles. The summed E-state index contributed by atoms with van der Waals surface area (Å²) in [7, 11) is 0. The van der Waals surface area contributed by atoms with Crippen LogP contribution >= 0.6 is 23.4 Å². The van der Waals surface area contributed by atoms with Gasteiger partial charge >= 0.3 is 0 Å². The molecule has 1 aromatic heterocycles. The van der Waals surface area contributed by atoms with Crippen LogP contribution in [0.15, 0.2) is 119 Å². The molecule has 1 heterocycles. The summed E-state index contributed by atoms with van der Waals surface area (Å²) >= 11 is 7.31. The molecule has 0 saturated heterocycles. The van der Waals surface area contributed by atoms with Crippen molar-refractivity contribution in [3.05, 3.63) is 126 Å². The molecule has 0 radical (unpaired) electrons. The van der Waals surface area contributed by atoms with Gasteiger partial charge in [0.15, 0.2) is 11.0 Å². The number of nitrogens with one attached hydrogen (secondary N) is 2. The maximum Gasteiger partial charge on any atom is 0.253 e. The van der Waals surface area contributed by atoms with Crippen molar-refractivity contribution in [2.24, 2.45) is 5.10 Å². The molecule has 0 aliphatic rings. The normalized spacial score (nSPS) is 11.8. The molecule has 5 aromatic rings. The van der Waals surface area contributed by atoms with Gasteiger partial charge in [-0.15, -0.1) is 10.2 Å². The predicted molar refractivity (Wildman–Crippen MR) is 164 cm³/mol. The average molecular weight is 583 g/mol. The van der Waals surface area contributed by atoms with Gasteiger partial charge in [0.2, 0.25) is 0 Å². The molecule has 0 unspecified atom stereocenters. The molecular formula is C31H27ClN6O2S. The summed E-state index contributed by atoms with van der Waals surface area (Å²) in [5.41, 5.74) is 5.23. The van der Waals surface area contributed by atoms with Crippen molar-refractivity contribution in [2.45, 2.75) is 23.9 Å². The first-order valence-corrected chi connectivity index (χ1v) is 14.1. The molecule has 1 atom stereocenters. The summed E-state index contributed by atoms with van der Waals surface area (Å²) in [5, 5.41) is 17.1. The van der Waals surface area contributed by atoms with Gasteiger partial charge in [-0.1, -0.05) is 71.9 Å². The second-order valence-electron chi connectivity index (χ2n) is 8.91. The lowest BCUT2D eigenvalue weighted by molar-refractivity contribution is -0.120. The van der Waals surface area contributed by atoms with Crippen LogP contribution in [0.1, 0.15) is 18.3 Å². The number of hydrogen-bond donors (Lipinski definition) is 2. The largest absolute Gasteiger partial charge is 0.457 e. The maximum atomic E-state index is 12.9. The van der Waals surface area contributed by atoms with E-state index in [-0.39, 0.29) is 5.91 Å². The van der Waals surface area contributed by atoms with E-state index in [2.05, 4.69) is 26.0 Å². The second-order valence-corrected chi connectivity index (χ2v) is 10.7. The molecule has 0 bridgehead atoms. The van der Waals surface area contributed by atoms with Gasteiger partial charge in [-0.25, -0.2) is 5.43 Å². The van der Waals surface area contributed by atoms with Crippen LogP contribution in [0.2, 0.25) is 5.02 Å². The lowest BCUT2D eigenvalue weighted by Gasteiger charge is -2.13. The minimum absolute atomic E-state index is 0.258. The number of carbonyl (C=O) groups is 1. The van der Waals surface area contributed by atoms with Gasteiger partial charge in [-0.05, 0) is 73.2 Å². The van der Waals surface area contributed by atoms with E-state index in [4.69, 9.17) is 16.3 Å². The number of amides is 1. The molecule has 206 valence electrons. The van der Waals surface area contributed by atoms with Crippen molar-refractivity contribution in [1.29, 1.82) is 0 Å². The molecule has 0 saturated carbocycles. The lowest BCUT2D eigenvalue weighted by Crippen LogP contribution is -2.27. The molecule has 8 nitrogen and oxygen atoms in total. The zero-order valence-electron chi connectivity index (χ0n) is 22.1. The number of hydrazone groups is 1. The molecule has 5 rings (SSSR count). The summed E-state index contributed by atoms with van der Waals surface area (Å²) in [6.07, 6.45) is 1.58. The minimum Gasteiger partial charge on any atom is -0.457 e. The fourth-order valence-corrected chi connectivity index (χ4v) is 4.84. The molecule has 0 spiro atoms. The van der Waals surface area contributed by atoms with E-state index in [1.807, 2.05) is 114 Å². The van der Waals surface area contributed by atoms with Gasteiger partial charge in [-0.3, -0.25) is 9.36 Å². The fourth-order valence-electron chi connectivity index (χ4n) is 3.83. The number of anilines is 1. The summed E-state index contributed by atoms with van der Waals surface area (Å²) < 4.78 is 7.81. The molecule has 0 fully saturated rings. The van der Waals surface area contributed by atoms with Gasteiger partial charge < -0.3 is 10.1 Å². The van der Waals surface area contributed by atoms with Gasteiger partial charge in [0, 0.05) is 16.4 Å². The zero-order chi connectivity index (χ0) is 28.4. The van der Waals surface area contributed by atoms with Crippen molar-refractivity contribution in [1.82, 2.24) is 20.2 Å². The molecule has 4 aromatic carbocycles. The first kappa shape index (κ1) is 27.9. The van der Waals surface area contributed by atoms with Crippen LogP contribution in [-0.4, -0.2) is 32.1 Å². The first-order valence-electron chi connectivity index (χ1n) is 12.9. The third kappa shape index (κ3) is 7.75. The van der Waals surface area contributed by atoms with E-state index < -0.39 is 5.25 Å². The van der Waals surface area contributed by atoms with Crippen LogP contribution in [0.3, 0.4) is 0 Å². The molecule has 10 heteroatoms. The highest BCUT2D eigenvalue weighted by molar-refractivity contribution is 8.00. The Labute approximate surface area is 247 Å². The summed E-state index contributed by atoms with van der Waals surface area (Å²) in [4.78, 5) is 12.9. The number of thioether (sulfide) groups is 1. The quantitative estimate of drug-likeness (QED) is 0.0993. The van der Waals surface area contributed by atoms with Crippen LogP contribution in [0.25, 0.3) is 5.69 Å². The fraction of sp³-hybridized carbons (Fsp3) is 0.0968. The second kappa shape index (κ2) is 13.6. The van der Waals surface area contributed by atoms with E-state index in [0.29, 0.717) is 28.3 Å². The number of ether oxygens (including phenoxy) is 1. The zero-order valence-corrected chi connectivity index (χ0v) is 23.7. The Morgan fingerprint density at radius 2 is 1.66 bits per heavy atom. The summed E-state index contributed by atoms with van der Waals surface area (Å²) in [5.74, 6) is 1.87. The maximum absolute atomic E-state index is 12.9. The van der Waals surface area contributed by atoms with E-state index in [1.165, 1.54) is 11.8 Å². The third-order valence-electron chi connectivity index (χ3n) is 5.89. The number of halogens is 1. The molecule has 41 heavy (non-hydrogen) atoms. The molecule has 2 N–H and O–H groups in total. The van der Waals surface area contributed by atoms with Crippen LogP contribution < -0.4 is 15.5 Å². The topological polar surface area (TPSA) is 93.4 Å². The average Bonchev–Trinajstić information content (AvgIpc) is 3.40. The van der Waals surface area contributed by atoms with Crippen molar-refractivity contribution in [2.75, 3.05) is 5.32 Å². The van der Waals surface area contributed by atoms with Crippen LogP contribution in [0.4, 0.5) is 5.69 Å². The Hall–Kier alpha value is -4.60. The smallest absolute Gasteiger partial charge is 0.253 e. The van der Waals surface area contributed by atoms with Crippen molar-refractivity contribution in [3.8, 4) is 17.2 Å². The minimum atomic E-state index is -0.483. The van der Waals surface area contributed by atoms with E-state index in [1.54, 1.807) is 13.1 Å². The lowest BCUT2D eigenvalue weighted by atomic mass is 10.2. The summed E-state index contributed by atoms with van der Waals surface area (Å²) in [6, 6.07) is 34.3. The molecule has 0 aliphatic heterocycles. The van der Waals surface area contributed by atoms with Crippen molar-refractivity contribution in [3.63, 3.8) is 0 Å². The highest BCUT2D eigenvalue weighted by Gasteiger charge is 2.21. The Bertz CT molecular complexity index is 1610. The van der Waals surface area contributed by atoms with Crippen LogP contribution in [-0.2, 0) is 11.3 Å². The Kier molecular flexibility index (Phi) is 9.30. The van der Waals surface area contributed by atoms with Crippen LogP contribution in [0.5, 0.6) is 11.5 Å². The highest BCUT2D eigenvalue weighted by atomic mass is 35.5. The van der Waals surface area contributed by atoms with Gasteiger partial charge in [0.05, 0.1) is 18.0 Å². The van der Waals surface area contributed by atoms with E-state index in [0.717, 1.165) is 22.7 Å². The SMILES string of the molecule is C[C@H](Sc1nnc(CNc2ccc(Cl)cc2)n1-c1ccccc1)C(=O)N/N=C\c1cccc(Oc2ccccc2)c1. The number of carbonyl (C=O) groups excluding carboxylic acids is 1. The van der Waals surface area contributed by atoms with Crippen LogP contribution in [0, 0.1) is 0 Å². The number of benzene rings is 4. The molecule has 1 amide bonds. The molecular weight excluding hydrogens is 556 g/mol. The number of para-hydroxylation sites is 2. The van der Waals surface area contributed by atoms with Gasteiger partial charge in [-0.2, -0.15) is 5.10 Å². The number of aromatic nitrogens is 3. The number of hydrogen-bond acceptors (Lipinski definition) is 7. The standard InChI is InChI=1S/C31H27ClN6O2S/c1-22(30(39)36-34-20-23-9-8-14-28(19-23)40-27-12-6-3-7-13-27)41-31-37-35-29(38(31)26-10-4-2-5-11-26)21-33-25-17-15-24(32)16-18-25/h2-20,22,33H,21H2,1H3,(H,36,39)/b34-20-/t22-/m0/s1. The van der Waals surface area contributed by atoms with Crippen molar-refractivity contribution >= 4 is 41.2 Å². The number of nitrogens with zero attached hydrogens (tertiary/aromatic N) is 4. The Balaban J connectivity index is 1.23.